The number of carbonyl (C=O) groups excluding carboxylic acids is 1. The number of hydrogen-bond acceptors (Lipinski definition) is 5. The van der Waals surface area contributed by atoms with E-state index in [0.29, 0.717) is 12.1 Å². The summed E-state index contributed by atoms with van der Waals surface area (Å²) in [5.41, 5.74) is 0.385. The number of nitrogens with zero attached hydrogens (tertiary/aromatic N) is 2. The molecule has 1 atom stereocenters. The summed E-state index contributed by atoms with van der Waals surface area (Å²) in [6.07, 6.45) is 0.333. The zero-order chi connectivity index (χ0) is 12.0. The smallest absolute Gasteiger partial charge is 0.306 e. The summed E-state index contributed by atoms with van der Waals surface area (Å²) in [5.74, 6) is -0.239. The van der Waals surface area contributed by atoms with Gasteiger partial charge in [-0.3, -0.25) is 4.79 Å². The number of methoxy groups -OCH3 is 1. The molecule has 1 aromatic heterocycles. The van der Waals surface area contributed by atoms with Crippen molar-refractivity contribution in [1.29, 1.82) is 5.26 Å². The molecule has 1 aromatic rings. The first-order valence-corrected chi connectivity index (χ1v) is 5.64. The van der Waals surface area contributed by atoms with Crippen LogP contribution in [0.1, 0.15) is 19.0 Å². The van der Waals surface area contributed by atoms with E-state index in [1.54, 1.807) is 12.1 Å². The van der Waals surface area contributed by atoms with Crippen molar-refractivity contribution in [3.05, 3.63) is 23.9 Å². The lowest BCUT2D eigenvalue weighted by molar-refractivity contribution is -0.140. The lowest BCUT2D eigenvalue weighted by Gasteiger charge is -2.08. The highest BCUT2D eigenvalue weighted by atomic mass is 32.2. The van der Waals surface area contributed by atoms with Crippen LogP contribution in [0.2, 0.25) is 0 Å². The summed E-state index contributed by atoms with van der Waals surface area (Å²) < 4.78 is 4.58. The summed E-state index contributed by atoms with van der Waals surface area (Å²) in [4.78, 5) is 15.1. The number of carbonyl (C=O) groups is 1. The van der Waals surface area contributed by atoms with Gasteiger partial charge < -0.3 is 4.74 Å². The molecule has 0 radical (unpaired) electrons. The summed E-state index contributed by atoms with van der Waals surface area (Å²) in [7, 11) is 1.37. The van der Waals surface area contributed by atoms with Gasteiger partial charge >= 0.3 is 5.97 Å². The molecule has 84 valence electrons. The average Bonchev–Trinajstić information content (AvgIpc) is 2.28. The molecule has 0 N–H and O–H groups in total. The Morgan fingerprint density at radius 3 is 3.06 bits per heavy atom. The van der Waals surface area contributed by atoms with Crippen LogP contribution in [0.15, 0.2) is 23.2 Å². The monoisotopic (exact) mass is 236 g/mol. The van der Waals surface area contributed by atoms with Gasteiger partial charge in [0.15, 0.2) is 0 Å². The molecule has 5 heteroatoms. The molecule has 0 saturated heterocycles. The van der Waals surface area contributed by atoms with Crippen molar-refractivity contribution >= 4 is 17.7 Å². The van der Waals surface area contributed by atoms with E-state index in [2.05, 4.69) is 9.72 Å². The predicted octanol–water partition coefficient (Wildman–Crippen LogP) is 2.00. The third-order valence-electron chi connectivity index (χ3n) is 1.84. The van der Waals surface area contributed by atoms with E-state index in [-0.39, 0.29) is 11.2 Å². The van der Waals surface area contributed by atoms with E-state index in [9.17, 15) is 4.79 Å². The number of ether oxygens (including phenoxy) is 1. The van der Waals surface area contributed by atoms with E-state index in [0.717, 1.165) is 5.03 Å². The van der Waals surface area contributed by atoms with Crippen molar-refractivity contribution in [2.24, 2.45) is 0 Å². The second-order valence-electron chi connectivity index (χ2n) is 3.18. The van der Waals surface area contributed by atoms with Crippen LogP contribution < -0.4 is 0 Å². The lowest BCUT2D eigenvalue weighted by Crippen LogP contribution is -2.08. The van der Waals surface area contributed by atoms with Crippen molar-refractivity contribution in [1.82, 2.24) is 4.98 Å². The largest absolute Gasteiger partial charge is 0.469 e. The summed E-state index contributed by atoms with van der Waals surface area (Å²) in [5, 5.41) is 9.51. The Hall–Kier alpha value is -1.54. The number of pyridine rings is 1. The van der Waals surface area contributed by atoms with Gasteiger partial charge in [0.1, 0.15) is 11.8 Å². The molecular weight excluding hydrogens is 224 g/mol. The molecule has 4 nitrogen and oxygen atoms in total. The van der Waals surface area contributed by atoms with Crippen molar-refractivity contribution in [2.45, 2.75) is 23.6 Å². The lowest BCUT2D eigenvalue weighted by atomic mass is 10.3. The summed E-state index contributed by atoms with van der Waals surface area (Å²) in [6.45, 7) is 1.92. The van der Waals surface area contributed by atoms with Crippen molar-refractivity contribution < 1.29 is 9.53 Å². The van der Waals surface area contributed by atoms with E-state index < -0.39 is 0 Å². The molecule has 1 heterocycles. The van der Waals surface area contributed by atoms with Gasteiger partial charge in [-0.15, -0.1) is 11.8 Å². The Labute approximate surface area is 98.6 Å². The van der Waals surface area contributed by atoms with Crippen LogP contribution in [0.4, 0.5) is 0 Å². The van der Waals surface area contributed by atoms with E-state index in [1.807, 2.05) is 19.1 Å². The van der Waals surface area contributed by atoms with Gasteiger partial charge in [0.05, 0.1) is 18.6 Å². The van der Waals surface area contributed by atoms with Gasteiger partial charge in [0.2, 0.25) is 0 Å². The van der Waals surface area contributed by atoms with Gasteiger partial charge in [-0.2, -0.15) is 5.26 Å². The van der Waals surface area contributed by atoms with E-state index >= 15 is 0 Å². The van der Waals surface area contributed by atoms with Crippen LogP contribution in [0.3, 0.4) is 0 Å². The Balaban J connectivity index is 2.59. The molecule has 0 fully saturated rings. The Morgan fingerprint density at radius 1 is 1.69 bits per heavy atom. The third-order valence-corrected chi connectivity index (χ3v) is 2.88. The molecule has 0 aliphatic heterocycles. The molecule has 0 bridgehead atoms. The first-order valence-electron chi connectivity index (χ1n) is 4.76. The van der Waals surface area contributed by atoms with Gasteiger partial charge in [0.25, 0.3) is 0 Å². The van der Waals surface area contributed by atoms with Crippen LogP contribution in [-0.2, 0) is 9.53 Å². The van der Waals surface area contributed by atoms with Gasteiger partial charge in [0, 0.05) is 5.25 Å². The van der Waals surface area contributed by atoms with E-state index in [1.165, 1.54) is 18.9 Å². The molecule has 16 heavy (non-hydrogen) atoms. The highest BCUT2D eigenvalue weighted by Crippen LogP contribution is 2.23. The zero-order valence-electron chi connectivity index (χ0n) is 9.14. The second-order valence-corrected chi connectivity index (χ2v) is 4.64. The van der Waals surface area contributed by atoms with Gasteiger partial charge in [-0.05, 0) is 12.1 Å². The fourth-order valence-electron chi connectivity index (χ4n) is 1.11. The molecule has 0 aliphatic carbocycles. The SMILES string of the molecule is COC(=O)CC(C)Sc1cccc(C#N)n1. The molecule has 0 spiro atoms. The molecular formula is C11H12N2O2S. The molecule has 0 aliphatic rings. The molecule has 1 rings (SSSR count). The molecule has 0 aromatic carbocycles. The van der Waals surface area contributed by atoms with Crippen molar-refractivity contribution in [2.75, 3.05) is 7.11 Å². The highest BCUT2D eigenvalue weighted by molar-refractivity contribution is 7.99. The Kier molecular flexibility index (Phi) is 4.80. The zero-order valence-corrected chi connectivity index (χ0v) is 9.95. The summed E-state index contributed by atoms with van der Waals surface area (Å²) in [6, 6.07) is 7.22. The summed E-state index contributed by atoms with van der Waals surface area (Å²) >= 11 is 1.45. The standard InChI is InChI=1S/C11H12N2O2S/c1-8(6-11(14)15-2)16-10-5-3-4-9(7-12)13-10/h3-5,8H,6H2,1-2H3. The van der Waals surface area contributed by atoms with Gasteiger partial charge in [-0.25, -0.2) is 4.98 Å². The first-order chi connectivity index (χ1) is 7.65. The minimum absolute atomic E-state index is 0.0777. The highest BCUT2D eigenvalue weighted by Gasteiger charge is 2.11. The number of nitriles is 1. The maximum atomic E-state index is 11.0. The quantitative estimate of drug-likeness (QED) is 0.591. The van der Waals surface area contributed by atoms with Gasteiger partial charge in [-0.1, -0.05) is 13.0 Å². The minimum Gasteiger partial charge on any atom is -0.469 e. The third kappa shape index (κ3) is 3.91. The predicted molar refractivity (Wildman–Crippen MR) is 60.9 cm³/mol. The first kappa shape index (κ1) is 12.5. The fraction of sp³-hybridized carbons (Fsp3) is 0.364. The van der Waals surface area contributed by atoms with Crippen LogP contribution in [0.25, 0.3) is 0 Å². The topological polar surface area (TPSA) is 63.0 Å². The van der Waals surface area contributed by atoms with Crippen molar-refractivity contribution in [3.63, 3.8) is 0 Å². The average molecular weight is 236 g/mol. The minimum atomic E-state index is -0.239. The molecule has 0 saturated carbocycles. The Bertz CT molecular complexity index is 415. The van der Waals surface area contributed by atoms with E-state index in [4.69, 9.17) is 5.26 Å². The number of esters is 1. The number of hydrogen-bond donors (Lipinski definition) is 0. The van der Waals surface area contributed by atoms with Crippen LogP contribution in [0, 0.1) is 11.3 Å². The number of rotatable bonds is 4. The van der Waals surface area contributed by atoms with Crippen LogP contribution >= 0.6 is 11.8 Å². The van der Waals surface area contributed by atoms with Crippen LogP contribution in [0.5, 0.6) is 0 Å². The fourth-order valence-corrected chi connectivity index (χ4v) is 2.05. The normalized spacial score (nSPS) is 11.6. The Morgan fingerprint density at radius 2 is 2.44 bits per heavy atom. The molecule has 0 amide bonds. The molecule has 1 unspecified atom stereocenters. The van der Waals surface area contributed by atoms with Crippen molar-refractivity contribution in [3.8, 4) is 6.07 Å². The maximum absolute atomic E-state index is 11.0. The number of thioether (sulfide) groups is 1. The van der Waals surface area contributed by atoms with Crippen LogP contribution in [-0.4, -0.2) is 23.3 Å². The maximum Gasteiger partial charge on any atom is 0.306 e. The second kappa shape index (κ2) is 6.13. The number of aromatic nitrogens is 1.